The topological polar surface area (TPSA) is 84.9 Å². The van der Waals surface area contributed by atoms with E-state index < -0.39 is 17.6 Å². The molecule has 2 unspecified atom stereocenters. The summed E-state index contributed by atoms with van der Waals surface area (Å²) in [4.78, 5) is 25.6. The molecule has 6 nitrogen and oxygen atoms in total. The highest BCUT2D eigenvalue weighted by Crippen LogP contribution is 2.36. The molecule has 2 N–H and O–H groups in total. The van der Waals surface area contributed by atoms with E-state index in [2.05, 4.69) is 37.4 Å². The van der Waals surface area contributed by atoms with E-state index >= 15 is 0 Å². The van der Waals surface area contributed by atoms with Gasteiger partial charge in [-0.15, -0.1) is 11.3 Å². The Morgan fingerprint density at radius 3 is 2.45 bits per heavy atom. The number of thiophene rings is 1. The van der Waals surface area contributed by atoms with E-state index in [0.29, 0.717) is 30.9 Å². The molecule has 0 aliphatic rings. The molecule has 3 rings (SSSR count). The van der Waals surface area contributed by atoms with Crippen molar-refractivity contribution in [3.8, 4) is 5.75 Å². The first-order chi connectivity index (χ1) is 18.1. The van der Waals surface area contributed by atoms with Crippen molar-refractivity contribution in [3.63, 3.8) is 0 Å². The Labute approximate surface area is 230 Å². The summed E-state index contributed by atoms with van der Waals surface area (Å²) >= 11 is 1.73. The molecule has 7 heteroatoms. The van der Waals surface area contributed by atoms with E-state index in [1.807, 2.05) is 32.0 Å². The molecule has 0 bridgehead atoms. The van der Waals surface area contributed by atoms with Crippen molar-refractivity contribution in [3.05, 3.63) is 64.0 Å². The average Bonchev–Trinajstić information content (AvgIpc) is 3.35. The number of carbonyl (C=O) groups is 2. The van der Waals surface area contributed by atoms with Crippen LogP contribution in [0.2, 0.25) is 0 Å². The predicted octanol–water partition coefficient (Wildman–Crippen LogP) is 6.56. The van der Waals surface area contributed by atoms with Gasteiger partial charge < -0.3 is 19.9 Å². The van der Waals surface area contributed by atoms with E-state index in [1.54, 1.807) is 24.3 Å². The lowest BCUT2D eigenvalue weighted by atomic mass is 9.94. The van der Waals surface area contributed by atoms with Crippen molar-refractivity contribution in [2.75, 3.05) is 13.7 Å². The number of hydrogen-bond acceptors (Lipinski definition) is 6. The molecule has 206 valence electrons. The smallest absolute Gasteiger partial charge is 0.328 e. The zero-order valence-electron chi connectivity index (χ0n) is 23.4. The van der Waals surface area contributed by atoms with Crippen LogP contribution in [0.25, 0.3) is 10.1 Å². The molecule has 0 spiro atoms. The summed E-state index contributed by atoms with van der Waals surface area (Å²) in [6, 6.07) is 13.5. The average molecular weight is 540 g/mol. The zero-order valence-corrected chi connectivity index (χ0v) is 24.2. The van der Waals surface area contributed by atoms with Gasteiger partial charge in [0.15, 0.2) is 0 Å². The number of nitrogens with one attached hydrogen (secondary N) is 1. The van der Waals surface area contributed by atoms with Crippen LogP contribution in [0.1, 0.15) is 85.7 Å². The summed E-state index contributed by atoms with van der Waals surface area (Å²) in [6.45, 7) is 10.1. The minimum absolute atomic E-state index is 0.288. The molecule has 0 radical (unpaired) electrons. The van der Waals surface area contributed by atoms with Gasteiger partial charge in [-0.2, -0.15) is 0 Å². The summed E-state index contributed by atoms with van der Waals surface area (Å²) in [6.07, 6.45) is 4.35. The van der Waals surface area contributed by atoms with Crippen molar-refractivity contribution < 1.29 is 24.2 Å². The van der Waals surface area contributed by atoms with Crippen LogP contribution in [0.15, 0.2) is 42.5 Å². The Balaban J connectivity index is 1.66. The number of esters is 1. The molecule has 1 aromatic heterocycles. The third-order valence-electron chi connectivity index (χ3n) is 7.43. The Morgan fingerprint density at radius 2 is 1.82 bits per heavy atom. The molecule has 2 aromatic carbocycles. The zero-order chi connectivity index (χ0) is 27.9. The second-order valence-electron chi connectivity index (χ2n) is 10.1. The van der Waals surface area contributed by atoms with Gasteiger partial charge in [0, 0.05) is 15.1 Å². The van der Waals surface area contributed by atoms with Crippen LogP contribution in [-0.4, -0.2) is 42.3 Å². The number of aliphatic hydroxyl groups is 1. The van der Waals surface area contributed by atoms with Gasteiger partial charge in [-0.05, 0) is 92.6 Å². The predicted molar refractivity (Wildman–Crippen MR) is 154 cm³/mol. The Kier molecular flexibility index (Phi) is 10.3. The van der Waals surface area contributed by atoms with E-state index in [9.17, 15) is 14.7 Å². The lowest BCUT2D eigenvalue weighted by Crippen LogP contribution is -2.39. The van der Waals surface area contributed by atoms with Crippen molar-refractivity contribution in [1.29, 1.82) is 0 Å². The number of ether oxygens (including phenoxy) is 2. The molecular weight excluding hydrogens is 498 g/mol. The second kappa shape index (κ2) is 13.3. The molecule has 38 heavy (non-hydrogen) atoms. The largest absolute Gasteiger partial charge is 0.490 e. The number of aryl methyl sites for hydroxylation is 2. The summed E-state index contributed by atoms with van der Waals surface area (Å²) in [5, 5.41) is 14.3. The molecule has 0 fully saturated rings. The fraction of sp³-hybridized carbons (Fsp3) is 0.484. The van der Waals surface area contributed by atoms with E-state index in [4.69, 9.17) is 9.47 Å². The number of methoxy groups -OCH3 is 1. The van der Waals surface area contributed by atoms with Crippen molar-refractivity contribution in [2.45, 2.75) is 84.3 Å². The van der Waals surface area contributed by atoms with E-state index in [1.165, 1.54) is 17.6 Å². The quantitative estimate of drug-likeness (QED) is 0.240. The fourth-order valence-corrected chi connectivity index (χ4v) is 5.82. The maximum atomic E-state index is 12.6. The first kappa shape index (κ1) is 29.7. The molecular formula is C31H41NO5S. The Bertz CT molecular complexity index is 1250. The van der Waals surface area contributed by atoms with E-state index in [0.717, 1.165) is 40.7 Å². The van der Waals surface area contributed by atoms with Crippen molar-refractivity contribution in [2.24, 2.45) is 0 Å². The molecule has 3 aromatic rings. The van der Waals surface area contributed by atoms with Crippen molar-refractivity contribution >= 4 is 33.3 Å². The summed E-state index contributed by atoms with van der Waals surface area (Å²) in [7, 11) is 1.31. The number of benzene rings is 2. The van der Waals surface area contributed by atoms with Crippen LogP contribution in [0, 0.1) is 6.92 Å². The van der Waals surface area contributed by atoms with E-state index in [-0.39, 0.29) is 5.91 Å². The fourth-order valence-electron chi connectivity index (χ4n) is 4.49. The summed E-state index contributed by atoms with van der Waals surface area (Å²) in [5.74, 6) is 0.487. The highest BCUT2D eigenvalue weighted by molar-refractivity contribution is 7.19. The van der Waals surface area contributed by atoms with Gasteiger partial charge in [0.2, 0.25) is 0 Å². The molecule has 0 saturated heterocycles. The number of fused-ring (bicyclic) bond motifs is 1. The van der Waals surface area contributed by atoms with Crippen LogP contribution in [0.4, 0.5) is 0 Å². The minimum atomic E-state index is -0.782. The third-order valence-corrected chi connectivity index (χ3v) is 8.69. The molecule has 0 aliphatic carbocycles. The molecule has 1 amide bonds. The van der Waals surface area contributed by atoms with Gasteiger partial charge in [0.1, 0.15) is 18.4 Å². The van der Waals surface area contributed by atoms with Crippen LogP contribution in [-0.2, 0) is 16.0 Å². The van der Waals surface area contributed by atoms with Gasteiger partial charge in [0.05, 0.1) is 12.7 Å². The third kappa shape index (κ3) is 7.35. The number of rotatable bonds is 13. The molecule has 0 aliphatic heterocycles. The normalized spacial score (nSPS) is 13.2. The van der Waals surface area contributed by atoms with Crippen LogP contribution in [0.3, 0.4) is 0 Å². The number of amides is 1. The van der Waals surface area contributed by atoms with Gasteiger partial charge in [-0.3, -0.25) is 4.79 Å². The standard InChI is InChI=1S/C31H41NO5S/c1-7-23(12-10-22-11-15-26(20(4)16-22)37-19-31(35,8-2)9-3)27-17-24-13-14-25(18-28(24)38-27)29(33)32-21(5)30(34)36-6/h11,13-18,21,23,35H,7-10,12,19H2,1-6H3,(H,32,33). The van der Waals surface area contributed by atoms with Crippen LogP contribution < -0.4 is 10.1 Å². The maximum Gasteiger partial charge on any atom is 0.328 e. The van der Waals surface area contributed by atoms with Gasteiger partial charge in [-0.25, -0.2) is 4.79 Å². The molecule has 2 atom stereocenters. The number of carbonyl (C=O) groups excluding carboxylic acids is 2. The van der Waals surface area contributed by atoms with Crippen molar-refractivity contribution in [1.82, 2.24) is 5.32 Å². The second-order valence-corrected chi connectivity index (χ2v) is 11.2. The summed E-state index contributed by atoms with van der Waals surface area (Å²) in [5.41, 5.74) is 2.10. The van der Waals surface area contributed by atoms with Gasteiger partial charge >= 0.3 is 5.97 Å². The lowest BCUT2D eigenvalue weighted by molar-refractivity contribution is -0.142. The minimum Gasteiger partial charge on any atom is -0.490 e. The van der Waals surface area contributed by atoms with Gasteiger partial charge in [0.25, 0.3) is 5.91 Å². The van der Waals surface area contributed by atoms with Gasteiger partial charge in [-0.1, -0.05) is 39.0 Å². The number of hydrogen-bond donors (Lipinski definition) is 2. The Hall–Kier alpha value is -2.90. The first-order valence-electron chi connectivity index (χ1n) is 13.5. The maximum absolute atomic E-state index is 12.6. The monoisotopic (exact) mass is 539 g/mol. The van der Waals surface area contributed by atoms with Crippen LogP contribution in [0.5, 0.6) is 5.75 Å². The first-order valence-corrected chi connectivity index (χ1v) is 14.3. The molecule has 0 saturated carbocycles. The molecule has 1 heterocycles. The lowest BCUT2D eigenvalue weighted by Gasteiger charge is -2.25. The SMILES string of the molecule is CCC(CCc1ccc(OCC(O)(CC)CC)c(C)c1)c1cc2ccc(C(=O)NC(C)C(=O)OC)cc2s1. The van der Waals surface area contributed by atoms with Crippen LogP contribution >= 0.6 is 11.3 Å². The Morgan fingerprint density at radius 1 is 1.08 bits per heavy atom. The summed E-state index contributed by atoms with van der Waals surface area (Å²) < 4.78 is 11.7. The highest BCUT2D eigenvalue weighted by Gasteiger charge is 2.23. The highest BCUT2D eigenvalue weighted by atomic mass is 32.1.